The first kappa shape index (κ1) is 15.0. The van der Waals surface area contributed by atoms with Gasteiger partial charge in [-0.05, 0) is 18.2 Å². The van der Waals surface area contributed by atoms with E-state index in [2.05, 4.69) is 0 Å². The normalized spacial score (nSPS) is 15.6. The van der Waals surface area contributed by atoms with Crippen LogP contribution in [0.3, 0.4) is 0 Å². The quantitative estimate of drug-likeness (QED) is 0.940. The van der Waals surface area contributed by atoms with Crippen LogP contribution in [0.4, 0.5) is 10.1 Å². The summed E-state index contributed by atoms with van der Waals surface area (Å²) >= 11 is 0. The average molecular weight is 315 g/mol. The Morgan fingerprint density at radius 2 is 1.91 bits per heavy atom. The minimum atomic E-state index is -1.14. The highest BCUT2D eigenvalue weighted by Gasteiger charge is 2.35. The van der Waals surface area contributed by atoms with E-state index in [4.69, 9.17) is 9.84 Å². The van der Waals surface area contributed by atoms with E-state index in [1.165, 1.54) is 6.07 Å². The fraction of sp³-hybridized carbons (Fsp3) is 0.176. The third-order valence-corrected chi connectivity index (χ3v) is 3.62. The number of para-hydroxylation sites is 2. The van der Waals surface area contributed by atoms with E-state index in [1.807, 2.05) is 0 Å². The molecule has 0 radical (unpaired) electrons. The standard InChI is InChI=1S/C17H14FNO4/c18-13-8-4-5-11-9-14(23-16(11)13)17(22)19(10-15(20)21)12-6-2-1-3-7-12/h1-8,14H,9-10H2,(H,20,21)/t14-/m0/s1. The minimum Gasteiger partial charge on any atom is -0.480 e. The number of amides is 1. The molecule has 0 bridgehead atoms. The molecule has 1 aliphatic heterocycles. The maximum atomic E-state index is 13.7. The van der Waals surface area contributed by atoms with Crippen molar-refractivity contribution < 1.29 is 23.8 Å². The highest BCUT2D eigenvalue weighted by atomic mass is 19.1. The molecule has 3 rings (SSSR count). The lowest BCUT2D eigenvalue weighted by atomic mass is 10.1. The molecule has 0 unspecified atom stereocenters. The summed E-state index contributed by atoms with van der Waals surface area (Å²) < 4.78 is 19.1. The number of carboxylic acid groups (broad SMARTS) is 1. The Hall–Kier alpha value is -2.89. The van der Waals surface area contributed by atoms with Crippen LogP contribution in [0.2, 0.25) is 0 Å². The van der Waals surface area contributed by atoms with Crippen LogP contribution in [0.1, 0.15) is 5.56 Å². The number of rotatable bonds is 4. The van der Waals surface area contributed by atoms with Gasteiger partial charge in [0.2, 0.25) is 0 Å². The lowest BCUT2D eigenvalue weighted by Gasteiger charge is -2.23. The first-order valence-electron chi connectivity index (χ1n) is 7.08. The Morgan fingerprint density at radius 3 is 2.57 bits per heavy atom. The van der Waals surface area contributed by atoms with Crippen LogP contribution >= 0.6 is 0 Å². The number of carbonyl (C=O) groups excluding carboxylic acids is 1. The number of hydrogen-bond donors (Lipinski definition) is 1. The maximum absolute atomic E-state index is 13.7. The lowest BCUT2D eigenvalue weighted by Crippen LogP contribution is -2.44. The fourth-order valence-electron chi connectivity index (χ4n) is 2.58. The zero-order valence-electron chi connectivity index (χ0n) is 12.1. The Balaban J connectivity index is 1.85. The Morgan fingerprint density at radius 1 is 1.17 bits per heavy atom. The van der Waals surface area contributed by atoms with Crippen LogP contribution in [0.25, 0.3) is 0 Å². The van der Waals surface area contributed by atoms with Crippen LogP contribution in [-0.4, -0.2) is 29.6 Å². The number of carboxylic acids is 1. The van der Waals surface area contributed by atoms with Crippen LogP contribution in [-0.2, 0) is 16.0 Å². The Bertz CT molecular complexity index is 748. The first-order chi connectivity index (χ1) is 11.1. The molecule has 118 valence electrons. The van der Waals surface area contributed by atoms with Crippen molar-refractivity contribution >= 4 is 17.6 Å². The van der Waals surface area contributed by atoms with Crippen molar-refractivity contribution in [1.82, 2.24) is 0 Å². The van der Waals surface area contributed by atoms with Gasteiger partial charge in [-0.15, -0.1) is 0 Å². The van der Waals surface area contributed by atoms with E-state index >= 15 is 0 Å². The molecular formula is C17H14FNO4. The molecule has 0 fully saturated rings. The molecule has 0 saturated heterocycles. The number of benzene rings is 2. The zero-order chi connectivity index (χ0) is 16.4. The second-order valence-corrected chi connectivity index (χ2v) is 5.19. The summed E-state index contributed by atoms with van der Waals surface area (Å²) in [6, 6.07) is 13.0. The third-order valence-electron chi connectivity index (χ3n) is 3.62. The topological polar surface area (TPSA) is 66.8 Å². The van der Waals surface area contributed by atoms with Gasteiger partial charge in [0.15, 0.2) is 17.7 Å². The lowest BCUT2D eigenvalue weighted by molar-refractivity contribution is -0.137. The smallest absolute Gasteiger partial charge is 0.323 e. The zero-order valence-corrected chi connectivity index (χ0v) is 12.1. The molecule has 1 aliphatic rings. The van der Waals surface area contributed by atoms with Gasteiger partial charge in [-0.25, -0.2) is 4.39 Å². The summed E-state index contributed by atoms with van der Waals surface area (Å²) in [6.07, 6.45) is -0.712. The highest BCUT2D eigenvalue weighted by Crippen LogP contribution is 2.32. The van der Waals surface area contributed by atoms with Gasteiger partial charge < -0.3 is 9.84 Å². The molecule has 0 spiro atoms. The van der Waals surface area contributed by atoms with Crippen LogP contribution in [0.5, 0.6) is 5.75 Å². The van der Waals surface area contributed by atoms with Crippen molar-refractivity contribution in [3.8, 4) is 5.75 Å². The van der Waals surface area contributed by atoms with E-state index in [0.717, 1.165) is 4.90 Å². The monoisotopic (exact) mass is 315 g/mol. The van der Waals surface area contributed by atoms with Gasteiger partial charge in [0.05, 0.1) is 0 Å². The van der Waals surface area contributed by atoms with Gasteiger partial charge in [-0.3, -0.25) is 14.5 Å². The van der Waals surface area contributed by atoms with Crippen LogP contribution < -0.4 is 9.64 Å². The number of carbonyl (C=O) groups is 2. The number of fused-ring (bicyclic) bond motifs is 1. The number of ether oxygens (including phenoxy) is 1. The van der Waals surface area contributed by atoms with Gasteiger partial charge in [0.1, 0.15) is 6.54 Å². The van der Waals surface area contributed by atoms with Crippen molar-refractivity contribution in [1.29, 1.82) is 0 Å². The second-order valence-electron chi connectivity index (χ2n) is 5.19. The Kier molecular flexibility index (Phi) is 3.97. The van der Waals surface area contributed by atoms with E-state index in [9.17, 15) is 14.0 Å². The number of hydrogen-bond acceptors (Lipinski definition) is 3. The number of anilines is 1. The predicted molar refractivity (Wildman–Crippen MR) is 81.0 cm³/mol. The molecule has 6 heteroatoms. The van der Waals surface area contributed by atoms with Gasteiger partial charge >= 0.3 is 5.97 Å². The van der Waals surface area contributed by atoms with Crippen molar-refractivity contribution in [2.75, 3.05) is 11.4 Å². The molecule has 1 atom stereocenters. The molecule has 0 aromatic heterocycles. The second kappa shape index (κ2) is 6.08. The van der Waals surface area contributed by atoms with Gasteiger partial charge in [-0.1, -0.05) is 30.3 Å². The van der Waals surface area contributed by atoms with Crippen molar-refractivity contribution in [3.05, 3.63) is 59.9 Å². The first-order valence-corrected chi connectivity index (χ1v) is 7.08. The third kappa shape index (κ3) is 3.01. The van der Waals surface area contributed by atoms with Crippen molar-refractivity contribution in [2.24, 2.45) is 0 Å². The summed E-state index contributed by atoms with van der Waals surface area (Å²) in [4.78, 5) is 24.9. The van der Waals surface area contributed by atoms with Crippen molar-refractivity contribution in [3.63, 3.8) is 0 Å². The molecule has 1 amide bonds. The molecule has 1 heterocycles. The summed E-state index contributed by atoms with van der Waals surface area (Å²) in [7, 11) is 0. The SMILES string of the molecule is O=C(O)CN(C(=O)[C@@H]1Cc2cccc(F)c2O1)c1ccccc1. The molecule has 23 heavy (non-hydrogen) atoms. The summed E-state index contributed by atoms with van der Waals surface area (Å²) in [5.41, 5.74) is 1.06. The summed E-state index contributed by atoms with van der Waals surface area (Å²) in [5.74, 6) is -2.10. The minimum absolute atomic E-state index is 0.0641. The van der Waals surface area contributed by atoms with E-state index < -0.39 is 30.3 Å². The predicted octanol–water partition coefficient (Wildman–Crippen LogP) is 2.25. The number of nitrogens with zero attached hydrogens (tertiary/aromatic N) is 1. The fourth-order valence-corrected chi connectivity index (χ4v) is 2.58. The molecule has 0 aliphatic carbocycles. The van der Waals surface area contributed by atoms with E-state index in [-0.39, 0.29) is 12.2 Å². The number of aliphatic carboxylic acids is 1. The van der Waals surface area contributed by atoms with Gasteiger partial charge in [0, 0.05) is 17.7 Å². The van der Waals surface area contributed by atoms with Crippen LogP contribution in [0.15, 0.2) is 48.5 Å². The van der Waals surface area contributed by atoms with Crippen molar-refractivity contribution in [2.45, 2.75) is 12.5 Å². The molecule has 0 saturated carbocycles. The molecule has 5 nitrogen and oxygen atoms in total. The van der Waals surface area contributed by atoms with Crippen LogP contribution in [0, 0.1) is 5.82 Å². The highest BCUT2D eigenvalue weighted by molar-refractivity contribution is 6.00. The maximum Gasteiger partial charge on any atom is 0.323 e. The molecular weight excluding hydrogens is 301 g/mol. The van der Waals surface area contributed by atoms with Gasteiger partial charge in [0.25, 0.3) is 5.91 Å². The molecule has 2 aromatic carbocycles. The summed E-state index contributed by atoms with van der Waals surface area (Å²) in [6.45, 7) is -0.485. The number of halogens is 1. The van der Waals surface area contributed by atoms with E-state index in [1.54, 1.807) is 42.5 Å². The Labute approximate surface area is 131 Å². The molecule has 1 N–H and O–H groups in total. The van der Waals surface area contributed by atoms with E-state index in [0.29, 0.717) is 11.3 Å². The molecule has 2 aromatic rings. The summed E-state index contributed by atoms with van der Waals surface area (Å²) in [5, 5.41) is 9.06. The largest absolute Gasteiger partial charge is 0.480 e. The van der Waals surface area contributed by atoms with Gasteiger partial charge in [-0.2, -0.15) is 0 Å². The average Bonchev–Trinajstić information content (AvgIpc) is 2.98.